The van der Waals surface area contributed by atoms with E-state index in [1.165, 1.54) is 25.1 Å². The second-order valence-corrected chi connectivity index (χ2v) is 11.5. The molecule has 0 aromatic carbocycles. The number of thioether (sulfide) groups is 3. The Balaban J connectivity index is 2.36. The largest absolute Gasteiger partial charge is 0.281 e. The lowest BCUT2D eigenvalue weighted by Crippen LogP contribution is -2.05. The van der Waals surface area contributed by atoms with E-state index in [2.05, 4.69) is 12.3 Å². The van der Waals surface area contributed by atoms with Crippen molar-refractivity contribution in [2.45, 2.75) is 0 Å². The fraction of sp³-hybridized carbons (Fsp3) is 0.333. The van der Waals surface area contributed by atoms with Gasteiger partial charge in [0.1, 0.15) is 0 Å². The fourth-order valence-electron chi connectivity index (χ4n) is 1.24. The average molecular weight is 327 g/mol. The van der Waals surface area contributed by atoms with Gasteiger partial charge in [0.15, 0.2) is 0 Å². The van der Waals surface area contributed by atoms with E-state index in [0.29, 0.717) is 0 Å². The highest BCUT2D eigenvalue weighted by Gasteiger charge is 2.32. The second-order valence-electron chi connectivity index (χ2n) is 2.79. The maximum Gasteiger partial charge on any atom is 0.221 e. The maximum absolute atomic E-state index is 11.9. The lowest BCUT2D eigenvalue weighted by molar-refractivity contribution is -0.107. The van der Waals surface area contributed by atoms with Crippen LogP contribution in [0.4, 0.5) is 0 Å². The van der Waals surface area contributed by atoms with Crippen molar-refractivity contribution in [2.75, 3.05) is 18.8 Å². The van der Waals surface area contributed by atoms with Crippen LogP contribution >= 0.6 is 65.4 Å². The molecule has 0 aromatic rings. The molecule has 2 aliphatic heterocycles. The number of carbonyl (C=O) groups is 1. The van der Waals surface area contributed by atoms with Gasteiger partial charge >= 0.3 is 0 Å². The van der Waals surface area contributed by atoms with E-state index < -0.39 is 0 Å². The van der Waals surface area contributed by atoms with Crippen LogP contribution in [-0.2, 0) is 4.79 Å². The number of hydrogen-bond donors (Lipinski definition) is 0. The van der Waals surface area contributed by atoms with Gasteiger partial charge in [-0.2, -0.15) is 0 Å². The van der Waals surface area contributed by atoms with Gasteiger partial charge in [-0.15, -0.1) is 23.5 Å². The lowest BCUT2D eigenvalue weighted by Gasteiger charge is -2.04. The van der Waals surface area contributed by atoms with Crippen LogP contribution in [0.25, 0.3) is 0 Å². The third-order valence-electron chi connectivity index (χ3n) is 1.96. The Bertz CT molecular complexity index is 433. The molecule has 2 aliphatic rings. The number of rotatable bonds is 3. The van der Waals surface area contributed by atoms with Crippen LogP contribution in [0, 0.1) is 0 Å². The lowest BCUT2D eigenvalue weighted by atomic mass is 10.2. The van der Waals surface area contributed by atoms with Gasteiger partial charge in [0.05, 0.1) is 14.0 Å². The van der Waals surface area contributed by atoms with E-state index in [9.17, 15) is 4.79 Å². The van der Waals surface area contributed by atoms with Crippen molar-refractivity contribution in [1.29, 1.82) is 0 Å². The standard InChI is InChI=1S/C9H10OS6/c1-11-6-4-5-7(8(10)12-2)9(13-3)15-16(5)14-6/h4H,1-3H3. The molecule has 16 heavy (non-hydrogen) atoms. The first-order valence-electron chi connectivity index (χ1n) is 4.31. The van der Waals surface area contributed by atoms with Gasteiger partial charge in [-0.3, -0.25) is 4.79 Å². The Kier molecular flexibility index (Phi) is 4.95. The molecule has 1 nitrogen and oxygen atoms in total. The molecule has 0 saturated carbocycles. The molecule has 0 saturated heterocycles. The Hall–Kier alpha value is 1.12. The molecule has 1 atom stereocenters. The Morgan fingerprint density at radius 1 is 1.25 bits per heavy atom. The molecule has 0 aliphatic carbocycles. The van der Waals surface area contributed by atoms with Gasteiger partial charge in [0, 0.05) is 4.86 Å². The minimum absolute atomic E-state index is 0.127. The van der Waals surface area contributed by atoms with Crippen LogP contribution < -0.4 is 0 Å². The molecule has 0 spiro atoms. The van der Waals surface area contributed by atoms with Crippen LogP contribution in [0.2, 0.25) is 0 Å². The quantitative estimate of drug-likeness (QED) is 0.560. The average Bonchev–Trinajstić information content (AvgIpc) is 2.83. The predicted molar refractivity (Wildman–Crippen MR) is 88.4 cm³/mol. The van der Waals surface area contributed by atoms with Crippen molar-refractivity contribution in [3.05, 3.63) is 20.1 Å². The monoisotopic (exact) mass is 326 g/mol. The van der Waals surface area contributed by atoms with Gasteiger partial charge in [-0.05, 0) is 46.4 Å². The van der Waals surface area contributed by atoms with Gasteiger partial charge in [0.25, 0.3) is 0 Å². The van der Waals surface area contributed by atoms with Crippen LogP contribution in [0.15, 0.2) is 20.1 Å². The first-order chi connectivity index (χ1) is 7.71. The number of carbonyl (C=O) groups excluding carboxylic acids is 1. The van der Waals surface area contributed by atoms with Crippen LogP contribution in [0.3, 0.4) is 0 Å². The molecule has 0 fully saturated rings. The molecule has 2 heterocycles. The first kappa shape index (κ1) is 13.5. The van der Waals surface area contributed by atoms with Crippen LogP contribution in [0.1, 0.15) is 0 Å². The Labute approximate surface area is 118 Å². The summed E-state index contributed by atoms with van der Waals surface area (Å²) in [6.45, 7) is 0. The van der Waals surface area contributed by atoms with E-state index in [-0.39, 0.29) is 13.7 Å². The van der Waals surface area contributed by atoms with E-state index in [1.54, 1.807) is 23.5 Å². The summed E-state index contributed by atoms with van der Waals surface area (Å²) >= 11 is 4.78. The van der Waals surface area contributed by atoms with Gasteiger partial charge in [-0.25, -0.2) is 0 Å². The second kappa shape index (κ2) is 5.84. The summed E-state index contributed by atoms with van der Waals surface area (Å²) in [6, 6.07) is 0. The molecule has 7 heteroatoms. The Morgan fingerprint density at radius 3 is 2.56 bits per heavy atom. The van der Waals surface area contributed by atoms with Crippen molar-refractivity contribution in [3.63, 3.8) is 0 Å². The van der Waals surface area contributed by atoms with Crippen molar-refractivity contribution in [2.24, 2.45) is 0 Å². The number of hydrogen-bond acceptors (Lipinski definition) is 6. The zero-order valence-corrected chi connectivity index (χ0v) is 13.8. The van der Waals surface area contributed by atoms with Gasteiger partial charge < -0.3 is 0 Å². The maximum atomic E-state index is 11.9. The summed E-state index contributed by atoms with van der Waals surface area (Å²) in [7, 11) is 3.87. The molecule has 0 bridgehead atoms. The highest BCUT2D eigenvalue weighted by atomic mass is 33.5. The van der Waals surface area contributed by atoms with Crippen molar-refractivity contribution in [1.82, 2.24) is 0 Å². The molecule has 0 amide bonds. The molecule has 2 rings (SSSR count). The predicted octanol–water partition coefficient (Wildman–Crippen LogP) is 4.42. The van der Waals surface area contributed by atoms with Gasteiger partial charge in [-0.1, -0.05) is 20.3 Å². The van der Waals surface area contributed by atoms with Crippen molar-refractivity contribution in [3.8, 4) is 0 Å². The smallest absolute Gasteiger partial charge is 0.221 e. The van der Waals surface area contributed by atoms with Crippen LogP contribution in [-0.4, -0.2) is 28.7 Å². The molecule has 88 valence electrons. The third kappa shape index (κ3) is 2.44. The fourth-order valence-corrected chi connectivity index (χ4v) is 12.3. The summed E-state index contributed by atoms with van der Waals surface area (Å²) in [6.07, 6.45) is 8.19. The molecule has 0 radical (unpaired) electrons. The summed E-state index contributed by atoms with van der Waals surface area (Å²) in [5, 5.41) is 0.209. The van der Waals surface area contributed by atoms with Crippen molar-refractivity contribution >= 4 is 75.4 Å². The minimum Gasteiger partial charge on any atom is -0.281 e. The zero-order valence-electron chi connectivity index (χ0n) is 8.94. The topological polar surface area (TPSA) is 17.1 Å². The van der Waals surface area contributed by atoms with Gasteiger partial charge in [0.2, 0.25) is 5.12 Å². The van der Waals surface area contributed by atoms with E-state index in [0.717, 1.165) is 5.57 Å². The number of allylic oxidation sites excluding steroid dienone is 1. The summed E-state index contributed by atoms with van der Waals surface area (Å²) in [4.78, 5) is 13.2. The normalized spacial score (nSPS) is 23.8. The summed E-state index contributed by atoms with van der Waals surface area (Å²) in [5.74, 6) is 0. The summed E-state index contributed by atoms with van der Waals surface area (Å²) < 4.78 is 2.53. The molecular weight excluding hydrogens is 316 g/mol. The Morgan fingerprint density at radius 2 is 2.00 bits per heavy atom. The van der Waals surface area contributed by atoms with E-state index >= 15 is 0 Å². The van der Waals surface area contributed by atoms with E-state index in [1.807, 2.05) is 34.1 Å². The molecule has 0 N–H and O–H groups in total. The molecule has 0 aromatic heterocycles. The highest BCUT2D eigenvalue weighted by Crippen LogP contribution is 2.64. The van der Waals surface area contributed by atoms with Crippen molar-refractivity contribution < 1.29 is 4.79 Å². The first-order valence-corrected chi connectivity index (χ1v) is 11.9. The highest BCUT2D eigenvalue weighted by molar-refractivity contribution is 9.18. The molecule has 1 unspecified atom stereocenters. The zero-order chi connectivity index (χ0) is 11.7. The van der Waals surface area contributed by atoms with Crippen LogP contribution in [0.5, 0.6) is 0 Å². The third-order valence-corrected chi connectivity index (χ3v) is 11.6. The molecular formula is C9H10OS6. The summed E-state index contributed by atoms with van der Waals surface area (Å²) in [5.41, 5.74) is 0.963. The SMILES string of the molecule is CSC(=O)C1=C(SC)SS2=C1C=C(SC)S2. The minimum atomic E-state index is 0.127. The van der Waals surface area contributed by atoms with E-state index in [4.69, 9.17) is 0 Å².